The fourth-order valence-electron chi connectivity index (χ4n) is 8.94. The molecule has 0 radical (unpaired) electrons. The number of para-hydroxylation sites is 3. The van der Waals surface area contributed by atoms with Gasteiger partial charge in [-0.1, -0.05) is 90.0 Å². The van der Waals surface area contributed by atoms with Crippen molar-refractivity contribution in [2.24, 2.45) is 0 Å². The summed E-state index contributed by atoms with van der Waals surface area (Å²) >= 11 is 0. The smallest absolute Gasteiger partial charge is 0.166 e. The Morgan fingerprint density at radius 2 is 0.384 bits per heavy atom. The van der Waals surface area contributed by atoms with Crippen LogP contribution in [0.3, 0.4) is 0 Å². The van der Waals surface area contributed by atoms with Crippen LogP contribution in [0.15, 0.2) is 353 Å². The van der Waals surface area contributed by atoms with E-state index in [1.807, 2.05) is 152 Å². The predicted molar refractivity (Wildman–Crippen MR) is 347 cm³/mol. The molecule has 12 aromatic rings. The first kappa shape index (κ1) is 59.7. The second-order valence-electron chi connectivity index (χ2n) is 19.5. The van der Waals surface area contributed by atoms with Gasteiger partial charge in [0.05, 0.1) is 46.9 Å². The molecular formula is C76H63F2O5S3+3. The Kier molecular flexibility index (Phi) is 20.7. The van der Waals surface area contributed by atoms with E-state index in [-0.39, 0.29) is 33.4 Å². The summed E-state index contributed by atoms with van der Waals surface area (Å²) in [6.07, 6.45) is 0. The third-order valence-corrected chi connectivity index (χ3v) is 20.0. The Balaban J connectivity index is 0.000000143. The van der Waals surface area contributed by atoms with Crippen LogP contribution >= 0.6 is 0 Å². The van der Waals surface area contributed by atoms with Crippen LogP contribution in [0, 0.1) is 25.5 Å². The molecule has 0 atom stereocenters. The summed E-state index contributed by atoms with van der Waals surface area (Å²) in [7, 11) is 2.50. The molecule has 0 fully saturated rings. The van der Waals surface area contributed by atoms with E-state index in [1.165, 1.54) is 64.8 Å². The summed E-state index contributed by atoms with van der Waals surface area (Å²) in [5.74, 6) is 6.00. The van der Waals surface area contributed by atoms with Crippen LogP contribution < -0.4 is 23.7 Å². The van der Waals surface area contributed by atoms with Gasteiger partial charge in [0.2, 0.25) is 0 Å². The van der Waals surface area contributed by atoms with Crippen LogP contribution in [0.4, 0.5) is 8.78 Å². The number of hydrogen-bond donors (Lipinski definition) is 0. The molecule has 0 aromatic heterocycles. The molecule has 12 rings (SSSR count). The lowest BCUT2D eigenvalue weighted by atomic mass is 10.2. The molecular weight excluding hydrogens is 1130 g/mol. The molecule has 0 amide bonds. The van der Waals surface area contributed by atoms with Gasteiger partial charge in [-0.15, -0.1) is 0 Å². The summed E-state index contributed by atoms with van der Waals surface area (Å²) in [5, 5.41) is 0. The highest BCUT2D eigenvalue weighted by Crippen LogP contribution is 2.37. The number of methoxy groups -OCH3 is 2. The van der Waals surface area contributed by atoms with Crippen LogP contribution in [0.5, 0.6) is 46.0 Å². The standard InChI is InChI=1S/C26H23O3S.C26H23OS.C24H17F2OS/c1-27-20-8-14-24(15-9-20)30(25-16-10-21(28-2)11-17-25)26-18-12-23(13-19-26)29-22-6-4-3-5-7-22;1-20-8-14-24(15-9-20)28(25-16-10-21(2)11-17-25)26-18-12-23(13-19-26)27-22-6-4-3-5-7-22;25-18-6-12-22(13-7-18)28(23-14-8-19(26)9-15-23)24-16-10-21(11-17-24)27-20-4-2-1-3-5-20/h3-19H,1-2H3;3-19H,1-2H3;1-17H/q3*+1. The summed E-state index contributed by atoms with van der Waals surface area (Å²) in [4.78, 5) is 10.6. The average Bonchev–Trinajstić information content (AvgIpc) is 3.63. The van der Waals surface area contributed by atoms with Crippen molar-refractivity contribution in [1.29, 1.82) is 0 Å². The Bertz CT molecular complexity index is 3640. The van der Waals surface area contributed by atoms with Gasteiger partial charge in [-0.25, -0.2) is 8.78 Å². The first-order chi connectivity index (χ1) is 42.1. The Labute approximate surface area is 512 Å². The van der Waals surface area contributed by atoms with E-state index in [1.54, 1.807) is 38.5 Å². The number of benzene rings is 12. The van der Waals surface area contributed by atoms with Crippen molar-refractivity contribution in [3.8, 4) is 46.0 Å². The highest BCUT2D eigenvalue weighted by atomic mass is 32.2. The summed E-state index contributed by atoms with van der Waals surface area (Å²) in [5.41, 5.74) is 2.56. The van der Waals surface area contributed by atoms with Gasteiger partial charge < -0.3 is 23.7 Å². The molecule has 0 unspecified atom stereocenters. The van der Waals surface area contributed by atoms with Gasteiger partial charge >= 0.3 is 0 Å². The topological polar surface area (TPSA) is 46.2 Å². The van der Waals surface area contributed by atoms with Crippen molar-refractivity contribution in [2.75, 3.05) is 14.2 Å². The zero-order valence-electron chi connectivity index (χ0n) is 48.0. The maximum atomic E-state index is 13.4. The zero-order chi connectivity index (χ0) is 59.5. The molecule has 0 saturated heterocycles. The number of rotatable bonds is 17. The second kappa shape index (κ2) is 29.9. The van der Waals surface area contributed by atoms with E-state index in [4.69, 9.17) is 23.7 Å². The molecule has 12 aromatic carbocycles. The van der Waals surface area contributed by atoms with Gasteiger partial charge in [-0.3, -0.25) is 0 Å². The van der Waals surface area contributed by atoms with Crippen LogP contribution in [0.1, 0.15) is 11.1 Å². The molecule has 0 saturated carbocycles. The third-order valence-electron chi connectivity index (χ3n) is 13.3. The van der Waals surface area contributed by atoms with Crippen molar-refractivity contribution in [3.05, 3.63) is 332 Å². The zero-order valence-corrected chi connectivity index (χ0v) is 50.4. The molecule has 0 spiro atoms. The first-order valence-corrected chi connectivity index (χ1v) is 31.5. The van der Waals surface area contributed by atoms with Gasteiger partial charge in [0.1, 0.15) is 57.6 Å². The normalized spacial score (nSPS) is 10.8. The van der Waals surface area contributed by atoms with Gasteiger partial charge in [-0.2, -0.15) is 0 Å². The molecule has 0 aliphatic heterocycles. The maximum absolute atomic E-state index is 13.4. The third kappa shape index (κ3) is 16.5. The predicted octanol–water partition coefficient (Wildman–Crippen LogP) is 20.6. The number of aryl methyl sites for hydroxylation is 2. The first-order valence-electron chi connectivity index (χ1n) is 27.8. The molecule has 426 valence electrons. The van der Waals surface area contributed by atoms with Crippen molar-refractivity contribution in [2.45, 2.75) is 57.9 Å². The second-order valence-corrected chi connectivity index (χ2v) is 25.5. The molecule has 5 nitrogen and oxygen atoms in total. The fourth-order valence-corrected chi connectivity index (χ4v) is 15.1. The fraction of sp³-hybridized carbons (Fsp3) is 0.0526. The van der Waals surface area contributed by atoms with Gasteiger partial charge in [0.15, 0.2) is 44.1 Å². The van der Waals surface area contributed by atoms with E-state index in [0.717, 1.165) is 60.7 Å². The lowest BCUT2D eigenvalue weighted by Crippen LogP contribution is -2.05. The van der Waals surface area contributed by atoms with E-state index < -0.39 is 10.9 Å². The average molecular weight is 1190 g/mol. The number of halogens is 2. The van der Waals surface area contributed by atoms with E-state index in [2.05, 4.69) is 123 Å². The SMILES string of the molecule is COc1ccc([S+](c2ccc(OC)cc2)c2ccc(Oc3ccccc3)cc2)cc1.Cc1ccc([S+](c2ccc(C)cc2)c2ccc(Oc3ccccc3)cc2)cc1.Fc1ccc([S+](c2ccc(F)cc2)c2ccc(Oc3ccccc3)cc2)cc1. The van der Waals surface area contributed by atoms with Gasteiger partial charge in [0, 0.05) is 0 Å². The Morgan fingerprint density at radius 3 is 0.593 bits per heavy atom. The Morgan fingerprint density at radius 1 is 0.209 bits per heavy atom. The molecule has 0 N–H and O–H groups in total. The summed E-state index contributed by atoms with van der Waals surface area (Å²) in [6, 6.07) is 101. The maximum Gasteiger partial charge on any atom is 0.166 e. The molecule has 0 aliphatic carbocycles. The highest BCUT2D eigenvalue weighted by Gasteiger charge is 2.31. The molecule has 86 heavy (non-hydrogen) atoms. The minimum absolute atomic E-state index is 0.141. The van der Waals surface area contributed by atoms with Gasteiger partial charge in [-0.05, 0) is 244 Å². The number of ether oxygens (including phenoxy) is 5. The quantitative estimate of drug-likeness (QED) is 0.0850. The van der Waals surface area contributed by atoms with Crippen LogP contribution in [-0.4, -0.2) is 14.2 Å². The molecule has 0 bridgehead atoms. The lowest BCUT2D eigenvalue weighted by Gasteiger charge is -2.10. The molecule has 0 aliphatic rings. The van der Waals surface area contributed by atoms with Crippen LogP contribution in [0.25, 0.3) is 0 Å². The van der Waals surface area contributed by atoms with Crippen LogP contribution in [-0.2, 0) is 32.7 Å². The monoisotopic (exact) mass is 1190 g/mol. The van der Waals surface area contributed by atoms with Gasteiger partial charge in [0.25, 0.3) is 0 Å². The van der Waals surface area contributed by atoms with Crippen molar-refractivity contribution < 1.29 is 32.5 Å². The van der Waals surface area contributed by atoms with Crippen LogP contribution in [0.2, 0.25) is 0 Å². The van der Waals surface area contributed by atoms with E-state index in [9.17, 15) is 8.78 Å². The number of hydrogen-bond acceptors (Lipinski definition) is 5. The molecule has 10 heteroatoms. The van der Waals surface area contributed by atoms with E-state index >= 15 is 0 Å². The summed E-state index contributed by atoms with van der Waals surface area (Å²) < 4.78 is 55.2. The lowest BCUT2D eigenvalue weighted by molar-refractivity contribution is 0.414. The molecule has 0 heterocycles. The van der Waals surface area contributed by atoms with E-state index in [0.29, 0.717) is 0 Å². The highest BCUT2D eigenvalue weighted by molar-refractivity contribution is 7.97. The largest absolute Gasteiger partial charge is 0.497 e. The summed E-state index contributed by atoms with van der Waals surface area (Å²) in [6.45, 7) is 4.26. The van der Waals surface area contributed by atoms with Crippen molar-refractivity contribution in [3.63, 3.8) is 0 Å². The minimum Gasteiger partial charge on any atom is -0.497 e. The minimum atomic E-state index is -0.475. The Hall–Kier alpha value is -9.45. The van der Waals surface area contributed by atoms with Crippen molar-refractivity contribution in [1.82, 2.24) is 0 Å². The van der Waals surface area contributed by atoms with Crippen molar-refractivity contribution >= 4 is 32.7 Å².